The van der Waals surface area contributed by atoms with Crippen molar-refractivity contribution in [2.75, 3.05) is 0 Å². The molecule has 0 bridgehead atoms. The fourth-order valence-corrected chi connectivity index (χ4v) is 8.04. The zero-order valence-electron chi connectivity index (χ0n) is 19.7. The number of hydrogen-bond donors (Lipinski definition) is 1. The lowest BCUT2D eigenvalue weighted by Crippen LogP contribution is -2.46. The molecule has 4 aliphatic rings. The van der Waals surface area contributed by atoms with Crippen LogP contribution in [0.5, 0.6) is 0 Å². The standard InChI is InChI=1S/C28H40O3/c1-5-19(26(30)31)8-6-7-18(2)23-11-12-24-22-10-9-20-17-21(29)13-15-27(20,3)25(22)14-16-28(23,24)4/h5,10,17-19,23-25H,1,6-9,11-16H2,2-4H3,(H,30,31)/t18?,19-,23-,24?,25?,27+,28-/m1/s1. The van der Waals surface area contributed by atoms with Gasteiger partial charge in [-0.1, -0.05) is 56.9 Å². The van der Waals surface area contributed by atoms with Crippen molar-refractivity contribution in [3.63, 3.8) is 0 Å². The molecule has 4 aliphatic carbocycles. The molecular formula is C28H40O3. The monoisotopic (exact) mass is 424 g/mol. The molecule has 31 heavy (non-hydrogen) atoms. The SMILES string of the molecule is C=C[C@H](CCCC(C)[C@H]1CCC2C3=CCC4=CC(=O)CC[C@]4(C)C3CC[C@@]21C)C(=O)O. The van der Waals surface area contributed by atoms with Gasteiger partial charge >= 0.3 is 5.97 Å². The number of ketones is 1. The lowest BCUT2D eigenvalue weighted by molar-refractivity contribution is -0.140. The maximum absolute atomic E-state index is 12.0. The minimum Gasteiger partial charge on any atom is -0.481 e. The van der Waals surface area contributed by atoms with Crippen molar-refractivity contribution in [3.8, 4) is 0 Å². The predicted octanol–water partition coefficient (Wildman–Crippen LogP) is 6.75. The molecule has 2 fully saturated rings. The van der Waals surface area contributed by atoms with Crippen LogP contribution in [0.4, 0.5) is 0 Å². The van der Waals surface area contributed by atoms with Gasteiger partial charge in [-0.05, 0) is 85.5 Å². The number of allylic oxidation sites excluding steroid dienone is 4. The number of carbonyl (C=O) groups excluding carboxylic acids is 1. The normalized spacial score (nSPS) is 38.8. The van der Waals surface area contributed by atoms with Gasteiger partial charge in [-0.2, -0.15) is 0 Å². The number of carboxylic acids is 1. The molecule has 170 valence electrons. The van der Waals surface area contributed by atoms with Crippen molar-refractivity contribution in [3.05, 3.63) is 36.0 Å². The second kappa shape index (κ2) is 8.37. The lowest BCUT2D eigenvalue weighted by atomic mass is 9.50. The van der Waals surface area contributed by atoms with Gasteiger partial charge in [0, 0.05) is 6.42 Å². The average Bonchev–Trinajstić information content (AvgIpc) is 3.08. The molecule has 0 aromatic rings. The third kappa shape index (κ3) is 3.76. The predicted molar refractivity (Wildman–Crippen MR) is 125 cm³/mol. The second-order valence-electron chi connectivity index (χ2n) is 11.4. The number of fused-ring (bicyclic) bond motifs is 5. The van der Waals surface area contributed by atoms with Crippen LogP contribution in [-0.4, -0.2) is 16.9 Å². The maximum atomic E-state index is 12.0. The van der Waals surface area contributed by atoms with E-state index in [4.69, 9.17) is 0 Å². The first-order valence-electron chi connectivity index (χ1n) is 12.5. The van der Waals surface area contributed by atoms with E-state index in [2.05, 4.69) is 33.4 Å². The van der Waals surface area contributed by atoms with Crippen molar-refractivity contribution in [2.24, 2.45) is 40.4 Å². The highest BCUT2D eigenvalue weighted by Crippen LogP contribution is 2.66. The van der Waals surface area contributed by atoms with E-state index in [9.17, 15) is 14.7 Å². The molecule has 0 aliphatic heterocycles. The molecule has 7 atom stereocenters. The van der Waals surface area contributed by atoms with Crippen molar-refractivity contribution in [2.45, 2.75) is 85.0 Å². The Balaban J connectivity index is 1.47. The number of carboxylic acid groups (broad SMARTS) is 1. The van der Waals surface area contributed by atoms with E-state index in [0.29, 0.717) is 41.8 Å². The summed E-state index contributed by atoms with van der Waals surface area (Å²) in [6.45, 7) is 11.1. The molecule has 2 saturated carbocycles. The molecule has 3 nitrogen and oxygen atoms in total. The molecule has 0 saturated heterocycles. The first-order valence-corrected chi connectivity index (χ1v) is 12.5. The molecule has 0 spiro atoms. The molecule has 0 amide bonds. The van der Waals surface area contributed by atoms with Crippen LogP contribution in [-0.2, 0) is 9.59 Å². The van der Waals surface area contributed by atoms with Gasteiger partial charge in [0.25, 0.3) is 0 Å². The Morgan fingerprint density at radius 1 is 1.23 bits per heavy atom. The smallest absolute Gasteiger partial charge is 0.310 e. The fraction of sp³-hybridized carbons (Fsp3) is 0.714. The molecular weight excluding hydrogens is 384 g/mol. The molecule has 3 heteroatoms. The zero-order valence-corrected chi connectivity index (χ0v) is 19.7. The maximum Gasteiger partial charge on any atom is 0.310 e. The highest BCUT2D eigenvalue weighted by atomic mass is 16.4. The van der Waals surface area contributed by atoms with E-state index in [1.165, 1.54) is 31.3 Å². The van der Waals surface area contributed by atoms with Gasteiger partial charge in [-0.3, -0.25) is 9.59 Å². The Morgan fingerprint density at radius 3 is 2.71 bits per heavy atom. The molecule has 0 aromatic carbocycles. The summed E-state index contributed by atoms with van der Waals surface area (Å²) in [7, 11) is 0. The summed E-state index contributed by atoms with van der Waals surface area (Å²) in [6, 6.07) is 0. The van der Waals surface area contributed by atoms with Gasteiger partial charge in [-0.15, -0.1) is 6.58 Å². The summed E-state index contributed by atoms with van der Waals surface area (Å²) in [6.07, 6.45) is 16.7. The molecule has 0 aromatic heterocycles. The van der Waals surface area contributed by atoms with Crippen molar-refractivity contribution in [1.29, 1.82) is 0 Å². The van der Waals surface area contributed by atoms with Crippen LogP contribution in [0.1, 0.15) is 85.0 Å². The van der Waals surface area contributed by atoms with Gasteiger partial charge in [0.05, 0.1) is 5.92 Å². The third-order valence-corrected chi connectivity index (χ3v) is 9.94. The third-order valence-electron chi connectivity index (χ3n) is 9.94. The molecule has 4 rings (SSSR count). The molecule has 1 N–H and O–H groups in total. The van der Waals surface area contributed by atoms with E-state index in [-0.39, 0.29) is 5.41 Å². The zero-order chi connectivity index (χ0) is 22.4. The van der Waals surface area contributed by atoms with Crippen molar-refractivity contribution < 1.29 is 14.7 Å². The van der Waals surface area contributed by atoms with Gasteiger partial charge in [-0.25, -0.2) is 0 Å². The number of rotatable bonds is 7. The van der Waals surface area contributed by atoms with Crippen LogP contribution in [0, 0.1) is 40.4 Å². The summed E-state index contributed by atoms with van der Waals surface area (Å²) in [4.78, 5) is 23.3. The summed E-state index contributed by atoms with van der Waals surface area (Å²) >= 11 is 0. The van der Waals surface area contributed by atoms with Crippen LogP contribution in [0.15, 0.2) is 36.0 Å². The lowest BCUT2D eigenvalue weighted by Gasteiger charge is -2.55. The van der Waals surface area contributed by atoms with Crippen LogP contribution in [0.3, 0.4) is 0 Å². The number of carbonyl (C=O) groups is 2. The summed E-state index contributed by atoms with van der Waals surface area (Å²) in [5.74, 6) is 1.83. The fourth-order valence-electron chi connectivity index (χ4n) is 8.04. The van der Waals surface area contributed by atoms with Gasteiger partial charge in [0.2, 0.25) is 0 Å². The summed E-state index contributed by atoms with van der Waals surface area (Å²) in [5.41, 5.74) is 3.67. The summed E-state index contributed by atoms with van der Waals surface area (Å²) in [5, 5.41) is 9.27. The largest absolute Gasteiger partial charge is 0.481 e. The number of hydrogen-bond acceptors (Lipinski definition) is 2. The minimum atomic E-state index is -0.746. The first-order chi connectivity index (χ1) is 14.7. The van der Waals surface area contributed by atoms with E-state index in [1.54, 1.807) is 11.6 Å². The van der Waals surface area contributed by atoms with Crippen LogP contribution in [0.2, 0.25) is 0 Å². The Morgan fingerprint density at radius 2 is 2.00 bits per heavy atom. The Kier molecular flexibility index (Phi) is 6.09. The topological polar surface area (TPSA) is 54.4 Å². The quantitative estimate of drug-likeness (QED) is 0.460. The van der Waals surface area contributed by atoms with Gasteiger partial charge in [0.15, 0.2) is 5.78 Å². The van der Waals surface area contributed by atoms with Crippen molar-refractivity contribution in [1.82, 2.24) is 0 Å². The molecule has 0 radical (unpaired) electrons. The van der Waals surface area contributed by atoms with E-state index < -0.39 is 11.9 Å². The Labute approximate surface area is 188 Å². The van der Waals surface area contributed by atoms with Crippen LogP contribution in [0.25, 0.3) is 0 Å². The van der Waals surface area contributed by atoms with Crippen LogP contribution >= 0.6 is 0 Å². The number of aliphatic carboxylic acids is 1. The van der Waals surface area contributed by atoms with Crippen molar-refractivity contribution >= 4 is 11.8 Å². The average molecular weight is 425 g/mol. The van der Waals surface area contributed by atoms with Gasteiger partial charge < -0.3 is 5.11 Å². The Hall–Kier alpha value is -1.64. The Bertz CT molecular complexity index is 820. The highest BCUT2D eigenvalue weighted by Gasteiger charge is 2.56. The molecule has 0 heterocycles. The van der Waals surface area contributed by atoms with Gasteiger partial charge in [0.1, 0.15) is 0 Å². The van der Waals surface area contributed by atoms with E-state index in [0.717, 1.165) is 31.6 Å². The first kappa shape index (κ1) is 22.6. The van der Waals surface area contributed by atoms with Crippen LogP contribution < -0.4 is 0 Å². The second-order valence-corrected chi connectivity index (χ2v) is 11.4. The van der Waals surface area contributed by atoms with E-state index >= 15 is 0 Å². The minimum absolute atomic E-state index is 0.194. The summed E-state index contributed by atoms with van der Waals surface area (Å²) < 4.78 is 0. The molecule has 3 unspecified atom stereocenters. The highest BCUT2D eigenvalue weighted by molar-refractivity contribution is 5.91. The van der Waals surface area contributed by atoms with E-state index in [1.807, 2.05) is 6.08 Å².